The minimum Gasteiger partial charge on any atom is -0.484 e. The molecule has 2 aliphatic rings. The Balaban J connectivity index is 1.46. The van der Waals surface area contributed by atoms with Crippen LogP contribution in [0.3, 0.4) is 0 Å². The van der Waals surface area contributed by atoms with Crippen LogP contribution in [0.15, 0.2) is 30.3 Å². The highest BCUT2D eigenvalue weighted by Gasteiger charge is 2.25. The van der Waals surface area contributed by atoms with E-state index in [9.17, 15) is 4.79 Å². The summed E-state index contributed by atoms with van der Waals surface area (Å²) >= 11 is 4.15. The van der Waals surface area contributed by atoms with Crippen molar-refractivity contribution in [3.05, 3.63) is 30.3 Å². The first-order valence-electron chi connectivity index (χ1n) is 8.68. The third-order valence-electron chi connectivity index (χ3n) is 4.50. The molecule has 0 aromatic heterocycles. The Kier molecular flexibility index (Phi) is 7.17. The van der Waals surface area contributed by atoms with Gasteiger partial charge in [0.2, 0.25) is 0 Å². The Morgan fingerprint density at radius 2 is 1.79 bits per heavy atom. The molecule has 2 aliphatic heterocycles. The monoisotopic (exact) mass is 366 g/mol. The van der Waals surface area contributed by atoms with Gasteiger partial charge in [0.1, 0.15) is 5.75 Å². The summed E-state index contributed by atoms with van der Waals surface area (Å²) < 4.78 is 5.61. The molecule has 0 bridgehead atoms. The van der Waals surface area contributed by atoms with Gasteiger partial charge in [0.25, 0.3) is 5.91 Å². The lowest BCUT2D eigenvalue weighted by Crippen LogP contribution is -2.42. The lowest BCUT2D eigenvalue weighted by molar-refractivity contribution is -0.133. The molecule has 0 unspecified atom stereocenters. The predicted octanol–water partition coefficient (Wildman–Crippen LogP) is 2.45. The number of rotatable bonds is 4. The summed E-state index contributed by atoms with van der Waals surface area (Å²) in [6, 6.07) is 10.2. The van der Waals surface area contributed by atoms with Gasteiger partial charge < -0.3 is 9.64 Å². The Morgan fingerprint density at radius 3 is 2.54 bits per heavy atom. The first kappa shape index (κ1) is 18.0. The first-order chi connectivity index (χ1) is 11.8. The second-order valence-corrected chi connectivity index (χ2v) is 8.48. The van der Waals surface area contributed by atoms with E-state index >= 15 is 0 Å². The van der Waals surface area contributed by atoms with Crippen molar-refractivity contribution in [2.24, 2.45) is 0 Å². The van der Waals surface area contributed by atoms with Crippen molar-refractivity contribution in [2.45, 2.75) is 12.5 Å². The van der Waals surface area contributed by atoms with Crippen LogP contribution < -0.4 is 4.74 Å². The molecule has 6 heteroatoms. The molecule has 1 amide bonds. The van der Waals surface area contributed by atoms with Crippen LogP contribution in [0.25, 0.3) is 0 Å². The second-order valence-electron chi connectivity index (χ2n) is 6.18. The van der Waals surface area contributed by atoms with Crippen molar-refractivity contribution >= 4 is 29.4 Å². The average molecular weight is 367 g/mol. The summed E-state index contributed by atoms with van der Waals surface area (Å²) in [4.78, 5) is 17.0. The van der Waals surface area contributed by atoms with Crippen molar-refractivity contribution in [3.8, 4) is 5.75 Å². The predicted molar refractivity (Wildman–Crippen MR) is 103 cm³/mol. The minimum absolute atomic E-state index is 0.102. The van der Waals surface area contributed by atoms with Crippen molar-refractivity contribution in [1.82, 2.24) is 9.80 Å². The van der Waals surface area contributed by atoms with Crippen molar-refractivity contribution < 1.29 is 9.53 Å². The minimum atomic E-state index is 0.102. The van der Waals surface area contributed by atoms with Gasteiger partial charge in [0, 0.05) is 55.2 Å². The van der Waals surface area contributed by atoms with Gasteiger partial charge in [-0.15, -0.1) is 0 Å². The van der Waals surface area contributed by atoms with Crippen molar-refractivity contribution in [1.29, 1.82) is 0 Å². The molecule has 0 aliphatic carbocycles. The second kappa shape index (κ2) is 9.59. The molecule has 2 heterocycles. The first-order valence-corrected chi connectivity index (χ1v) is 11.0. The fraction of sp³-hybridized carbons (Fsp3) is 0.611. The summed E-state index contributed by atoms with van der Waals surface area (Å²) in [6.07, 6.45) is 1.06. The van der Waals surface area contributed by atoms with Crippen LogP contribution >= 0.6 is 23.5 Å². The van der Waals surface area contributed by atoms with E-state index in [4.69, 9.17) is 4.74 Å². The van der Waals surface area contributed by atoms with Crippen molar-refractivity contribution in [3.63, 3.8) is 0 Å². The topological polar surface area (TPSA) is 32.8 Å². The van der Waals surface area contributed by atoms with Gasteiger partial charge >= 0.3 is 0 Å². The maximum atomic E-state index is 12.4. The van der Waals surface area contributed by atoms with Crippen LogP contribution in [0, 0.1) is 0 Å². The van der Waals surface area contributed by atoms with Crippen LogP contribution in [-0.2, 0) is 4.79 Å². The van der Waals surface area contributed by atoms with Gasteiger partial charge in [-0.25, -0.2) is 0 Å². The summed E-state index contributed by atoms with van der Waals surface area (Å²) in [6.45, 7) is 3.90. The molecule has 1 aromatic carbocycles. The fourth-order valence-electron chi connectivity index (χ4n) is 3.12. The Morgan fingerprint density at radius 1 is 1.04 bits per heavy atom. The number of carbonyl (C=O) groups is 1. The Hall–Kier alpha value is -0.850. The van der Waals surface area contributed by atoms with Gasteiger partial charge in [-0.05, 0) is 18.6 Å². The summed E-state index contributed by atoms with van der Waals surface area (Å²) in [5.41, 5.74) is 0. The van der Waals surface area contributed by atoms with Crippen LogP contribution in [0.1, 0.15) is 6.42 Å². The van der Waals surface area contributed by atoms with Gasteiger partial charge in [-0.3, -0.25) is 9.69 Å². The van der Waals surface area contributed by atoms with E-state index < -0.39 is 0 Å². The van der Waals surface area contributed by atoms with Gasteiger partial charge in [0.15, 0.2) is 6.61 Å². The van der Waals surface area contributed by atoms with Gasteiger partial charge in [0.05, 0.1) is 0 Å². The van der Waals surface area contributed by atoms with Crippen LogP contribution in [0.2, 0.25) is 0 Å². The number of hydrogen-bond acceptors (Lipinski definition) is 5. The molecule has 0 N–H and O–H groups in total. The van der Waals surface area contributed by atoms with E-state index in [1.165, 1.54) is 23.0 Å². The lowest BCUT2D eigenvalue weighted by atomic mass is 10.3. The van der Waals surface area contributed by atoms with E-state index in [1.54, 1.807) is 0 Å². The van der Waals surface area contributed by atoms with E-state index in [2.05, 4.69) is 28.4 Å². The molecule has 3 rings (SSSR count). The number of hydrogen-bond donors (Lipinski definition) is 0. The number of para-hydroxylation sites is 1. The zero-order valence-electron chi connectivity index (χ0n) is 14.1. The zero-order valence-corrected chi connectivity index (χ0v) is 15.7. The molecular weight excluding hydrogens is 340 g/mol. The molecule has 2 fully saturated rings. The molecule has 0 spiro atoms. The van der Waals surface area contributed by atoms with E-state index in [-0.39, 0.29) is 12.5 Å². The number of thioether (sulfide) groups is 2. The molecule has 0 saturated carbocycles. The van der Waals surface area contributed by atoms with Crippen LogP contribution in [0.5, 0.6) is 5.75 Å². The normalized spacial score (nSPS) is 21.1. The smallest absolute Gasteiger partial charge is 0.260 e. The van der Waals surface area contributed by atoms with E-state index in [0.717, 1.165) is 38.3 Å². The number of carbonyl (C=O) groups excluding carboxylic acids is 1. The summed E-state index contributed by atoms with van der Waals surface area (Å²) in [7, 11) is 0. The average Bonchev–Trinajstić information content (AvgIpc) is 3.03. The quantitative estimate of drug-likeness (QED) is 0.817. The highest BCUT2D eigenvalue weighted by molar-refractivity contribution is 8.03. The largest absolute Gasteiger partial charge is 0.484 e. The number of ether oxygens (including phenoxy) is 1. The molecule has 2 saturated heterocycles. The molecular formula is C18H26N2O2S2. The lowest BCUT2D eigenvalue weighted by Gasteiger charge is -2.29. The maximum absolute atomic E-state index is 12.4. The molecule has 0 radical (unpaired) electrons. The molecule has 1 aromatic rings. The summed E-state index contributed by atoms with van der Waals surface area (Å²) in [5, 5.41) is 0. The number of nitrogens with zero attached hydrogens (tertiary/aromatic N) is 2. The molecule has 24 heavy (non-hydrogen) atoms. The van der Waals surface area contributed by atoms with Gasteiger partial charge in [-0.1, -0.05) is 18.2 Å². The molecule has 4 nitrogen and oxygen atoms in total. The number of amides is 1. The van der Waals surface area contributed by atoms with Crippen molar-refractivity contribution in [2.75, 3.05) is 55.8 Å². The van der Waals surface area contributed by atoms with E-state index in [1.807, 2.05) is 35.2 Å². The Labute approximate surface area is 153 Å². The fourth-order valence-corrected chi connectivity index (χ4v) is 5.75. The molecule has 0 atom stereocenters. The van der Waals surface area contributed by atoms with E-state index in [0.29, 0.717) is 6.04 Å². The van der Waals surface area contributed by atoms with Crippen LogP contribution in [0.4, 0.5) is 0 Å². The molecule has 132 valence electrons. The maximum Gasteiger partial charge on any atom is 0.260 e. The Bertz CT molecular complexity index is 507. The highest BCUT2D eigenvalue weighted by Crippen LogP contribution is 2.21. The SMILES string of the molecule is O=C(COc1ccccc1)N1CCCN(C2CSCCSC2)CC1. The van der Waals surface area contributed by atoms with Crippen LogP contribution in [-0.4, -0.2) is 77.5 Å². The zero-order chi connectivity index (χ0) is 16.6. The third-order valence-corrected chi connectivity index (χ3v) is 6.98. The third kappa shape index (κ3) is 5.33. The number of benzene rings is 1. The summed E-state index contributed by atoms with van der Waals surface area (Å²) in [5.74, 6) is 5.88. The highest BCUT2D eigenvalue weighted by atomic mass is 32.2. The van der Waals surface area contributed by atoms with Gasteiger partial charge in [-0.2, -0.15) is 23.5 Å². The standard InChI is InChI=1S/C18H26N2O2S2/c21-18(13-22-17-5-2-1-3-6-17)20-8-4-7-19(9-10-20)16-14-23-11-12-24-15-16/h1-3,5-6,16H,4,7-15H2.